The molecule has 1 saturated carbocycles. The summed E-state index contributed by atoms with van der Waals surface area (Å²) in [5, 5.41) is 0. The lowest BCUT2D eigenvalue weighted by atomic mass is 9.77. The molecule has 1 aliphatic rings. The van der Waals surface area contributed by atoms with Gasteiger partial charge in [0, 0.05) is 5.56 Å². The minimum Gasteiger partial charge on any atom is -0.0735 e. The largest absolute Gasteiger partial charge is 0.0735 e. The van der Waals surface area contributed by atoms with E-state index in [0.29, 0.717) is 0 Å². The molecular weight excluding hydrogens is 264 g/mol. The zero-order valence-electron chi connectivity index (χ0n) is 14.5. The molecule has 0 saturated heterocycles. The third-order valence-electron chi connectivity index (χ3n) is 4.84. The van der Waals surface area contributed by atoms with Crippen LogP contribution < -0.4 is 0 Å². The Balaban J connectivity index is 1.94. The molecule has 0 spiro atoms. The van der Waals surface area contributed by atoms with E-state index < -0.39 is 0 Å². The third kappa shape index (κ3) is 5.06. The third-order valence-corrected chi connectivity index (χ3v) is 4.84. The second-order valence-corrected chi connectivity index (χ2v) is 6.67. The lowest BCUT2D eigenvalue weighted by Gasteiger charge is -2.28. The first-order valence-electron chi connectivity index (χ1n) is 9.01. The van der Waals surface area contributed by atoms with E-state index in [9.17, 15) is 0 Å². The van der Waals surface area contributed by atoms with Crippen LogP contribution in [0.5, 0.6) is 0 Å². The van der Waals surface area contributed by atoms with Crippen LogP contribution in [-0.2, 0) is 0 Å². The number of hydrogen-bond acceptors (Lipinski definition) is 0. The van der Waals surface area contributed by atoms with E-state index in [1.165, 1.54) is 49.7 Å². The summed E-state index contributed by atoms with van der Waals surface area (Å²) < 4.78 is 0. The van der Waals surface area contributed by atoms with Crippen LogP contribution in [0.15, 0.2) is 35.9 Å². The van der Waals surface area contributed by atoms with Gasteiger partial charge in [-0.1, -0.05) is 56.7 Å². The fraction of sp³-hybridized carbons (Fsp3) is 0.545. The van der Waals surface area contributed by atoms with Gasteiger partial charge in [-0.25, -0.2) is 0 Å². The Morgan fingerprint density at radius 1 is 1.09 bits per heavy atom. The molecule has 2 rings (SSSR count). The van der Waals surface area contributed by atoms with Crippen molar-refractivity contribution in [2.24, 2.45) is 5.92 Å². The fourth-order valence-corrected chi connectivity index (χ4v) is 3.56. The van der Waals surface area contributed by atoms with Gasteiger partial charge in [-0.2, -0.15) is 0 Å². The normalized spacial score (nSPS) is 22.0. The Labute approximate surface area is 137 Å². The highest BCUT2D eigenvalue weighted by molar-refractivity contribution is 5.41. The Morgan fingerprint density at radius 2 is 1.77 bits per heavy atom. The second kappa shape index (κ2) is 8.84. The highest BCUT2D eigenvalue weighted by atomic mass is 14.3. The van der Waals surface area contributed by atoms with E-state index in [1.54, 1.807) is 0 Å². The average molecular weight is 294 g/mol. The Bertz CT molecular complexity index is 528. The van der Waals surface area contributed by atoms with Crippen molar-refractivity contribution in [1.82, 2.24) is 0 Å². The maximum absolute atomic E-state index is 3.26. The summed E-state index contributed by atoms with van der Waals surface area (Å²) in [7, 11) is 0. The summed E-state index contributed by atoms with van der Waals surface area (Å²) in [5.74, 6) is 8.26. The standard InChI is InChI=1S/C22H30/c1-4-6-18(3)8-9-20-12-16-22(17-13-20)21-14-10-19(7-5-2)11-15-21/h6,12-13,16-17,19,21H,4-5,7,10-11,14-15H2,1-3H3. The van der Waals surface area contributed by atoms with Crippen LogP contribution in [0.4, 0.5) is 0 Å². The molecule has 0 nitrogen and oxygen atoms in total. The molecule has 0 atom stereocenters. The van der Waals surface area contributed by atoms with Crippen LogP contribution in [-0.4, -0.2) is 0 Å². The van der Waals surface area contributed by atoms with Gasteiger partial charge in [0.1, 0.15) is 0 Å². The first-order chi connectivity index (χ1) is 10.7. The highest BCUT2D eigenvalue weighted by Crippen LogP contribution is 2.37. The van der Waals surface area contributed by atoms with Crippen molar-refractivity contribution in [3.63, 3.8) is 0 Å². The lowest BCUT2D eigenvalue weighted by Crippen LogP contribution is -2.13. The molecular formula is C22H30. The van der Waals surface area contributed by atoms with Crippen LogP contribution >= 0.6 is 0 Å². The number of hydrogen-bond donors (Lipinski definition) is 0. The smallest absolute Gasteiger partial charge is 0.0249 e. The summed E-state index contributed by atoms with van der Waals surface area (Å²) in [6.07, 6.45) is 11.6. The molecule has 1 aromatic carbocycles. The van der Waals surface area contributed by atoms with Gasteiger partial charge in [-0.15, -0.1) is 0 Å². The predicted octanol–water partition coefficient (Wildman–Crippen LogP) is 6.47. The van der Waals surface area contributed by atoms with Crippen LogP contribution in [0.2, 0.25) is 0 Å². The topological polar surface area (TPSA) is 0 Å². The van der Waals surface area contributed by atoms with Gasteiger partial charge in [0.25, 0.3) is 0 Å². The van der Waals surface area contributed by atoms with E-state index in [2.05, 4.69) is 63.0 Å². The summed E-state index contributed by atoms with van der Waals surface area (Å²) in [6.45, 7) is 6.54. The summed E-state index contributed by atoms with van der Waals surface area (Å²) in [4.78, 5) is 0. The molecule has 0 radical (unpaired) electrons. The Kier molecular flexibility index (Phi) is 6.78. The fourth-order valence-electron chi connectivity index (χ4n) is 3.56. The van der Waals surface area contributed by atoms with Crippen molar-refractivity contribution in [3.05, 3.63) is 47.0 Å². The number of benzene rings is 1. The first kappa shape index (κ1) is 16.9. The molecule has 1 fully saturated rings. The molecule has 0 bridgehead atoms. The molecule has 0 aliphatic heterocycles. The molecule has 1 aromatic rings. The van der Waals surface area contributed by atoms with Gasteiger partial charge in [0.15, 0.2) is 0 Å². The van der Waals surface area contributed by atoms with Gasteiger partial charge in [-0.05, 0) is 74.1 Å². The number of rotatable bonds is 4. The molecule has 22 heavy (non-hydrogen) atoms. The molecule has 0 unspecified atom stereocenters. The van der Waals surface area contributed by atoms with Gasteiger partial charge in [0.2, 0.25) is 0 Å². The van der Waals surface area contributed by atoms with E-state index in [1.807, 2.05) is 0 Å². The minimum absolute atomic E-state index is 0.775. The van der Waals surface area contributed by atoms with Gasteiger partial charge in [0.05, 0.1) is 0 Å². The zero-order chi connectivity index (χ0) is 15.8. The van der Waals surface area contributed by atoms with Crippen molar-refractivity contribution in [1.29, 1.82) is 0 Å². The first-order valence-corrected chi connectivity index (χ1v) is 9.01. The summed E-state index contributed by atoms with van der Waals surface area (Å²) in [5.41, 5.74) is 3.81. The minimum atomic E-state index is 0.775. The van der Waals surface area contributed by atoms with Crippen LogP contribution in [0.1, 0.15) is 82.8 Å². The quantitative estimate of drug-likeness (QED) is 0.558. The molecule has 118 valence electrons. The molecule has 0 aromatic heterocycles. The molecule has 0 N–H and O–H groups in total. The maximum Gasteiger partial charge on any atom is 0.0249 e. The van der Waals surface area contributed by atoms with E-state index in [4.69, 9.17) is 0 Å². The monoisotopic (exact) mass is 294 g/mol. The van der Waals surface area contributed by atoms with Crippen LogP contribution in [0.3, 0.4) is 0 Å². The van der Waals surface area contributed by atoms with Gasteiger partial charge < -0.3 is 0 Å². The maximum atomic E-state index is 3.26. The molecule has 1 aliphatic carbocycles. The molecule has 0 heterocycles. The van der Waals surface area contributed by atoms with E-state index in [0.717, 1.165) is 23.8 Å². The van der Waals surface area contributed by atoms with Crippen molar-refractivity contribution in [3.8, 4) is 11.8 Å². The summed E-state index contributed by atoms with van der Waals surface area (Å²) in [6, 6.07) is 8.99. The molecule has 0 amide bonds. The number of allylic oxidation sites excluding steroid dienone is 2. The van der Waals surface area contributed by atoms with Crippen molar-refractivity contribution in [2.45, 2.75) is 71.6 Å². The van der Waals surface area contributed by atoms with Gasteiger partial charge >= 0.3 is 0 Å². The van der Waals surface area contributed by atoms with Gasteiger partial charge in [-0.3, -0.25) is 0 Å². The lowest BCUT2D eigenvalue weighted by molar-refractivity contribution is 0.308. The average Bonchev–Trinajstić information content (AvgIpc) is 2.55. The van der Waals surface area contributed by atoms with Crippen LogP contribution in [0.25, 0.3) is 0 Å². The second-order valence-electron chi connectivity index (χ2n) is 6.67. The van der Waals surface area contributed by atoms with E-state index >= 15 is 0 Å². The summed E-state index contributed by atoms with van der Waals surface area (Å²) >= 11 is 0. The van der Waals surface area contributed by atoms with Crippen LogP contribution in [0, 0.1) is 17.8 Å². The van der Waals surface area contributed by atoms with Crippen molar-refractivity contribution < 1.29 is 0 Å². The predicted molar refractivity (Wildman–Crippen MR) is 97.0 cm³/mol. The highest BCUT2D eigenvalue weighted by Gasteiger charge is 2.21. The SMILES string of the molecule is CCC=C(C)C#Cc1ccc(C2CCC(CCC)CC2)cc1. The van der Waals surface area contributed by atoms with E-state index in [-0.39, 0.29) is 0 Å². The Morgan fingerprint density at radius 3 is 2.36 bits per heavy atom. The van der Waals surface area contributed by atoms with Crippen molar-refractivity contribution >= 4 is 0 Å². The van der Waals surface area contributed by atoms with Crippen molar-refractivity contribution in [2.75, 3.05) is 0 Å². The Hall–Kier alpha value is -1.48. The molecule has 0 heteroatoms. The zero-order valence-corrected chi connectivity index (χ0v) is 14.5.